The van der Waals surface area contributed by atoms with E-state index < -0.39 is 11.9 Å². The third-order valence-electron chi connectivity index (χ3n) is 4.88. The second kappa shape index (κ2) is 5.51. The first-order valence-electron chi connectivity index (χ1n) is 7.46. The third-order valence-corrected chi connectivity index (χ3v) is 4.88. The molecule has 0 bridgehead atoms. The van der Waals surface area contributed by atoms with Gasteiger partial charge in [0.2, 0.25) is 5.91 Å². The minimum atomic E-state index is -0.806. The number of carbonyl (C=O) groups excluding carboxylic acids is 1. The molecule has 1 saturated heterocycles. The van der Waals surface area contributed by atoms with Crippen molar-refractivity contribution in [2.45, 2.75) is 65.0 Å². The van der Waals surface area contributed by atoms with Crippen LogP contribution in [0.15, 0.2) is 0 Å². The van der Waals surface area contributed by atoms with E-state index in [0.29, 0.717) is 12.3 Å². The Morgan fingerprint density at radius 2 is 1.53 bits per heavy atom. The van der Waals surface area contributed by atoms with Gasteiger partial charge in [-0.2, -0.15) is 0 Å². The third kappa shape index (κ3) is 2.77. The second-order valence-electron chi connectivity index (χ2n) is 6.50. The largest absolute Gasteiger partial charge is 0.481 e. The van der Waals surface area contributed by atoms with Gasteiger partial charge >= 0.3 is 5.97 Å². The van der Waals surface area contributed by atoms with E-state index in [0.717, 1.165) is 25.7 Å². The highest BCUT2D eigenvalue weighted by Gasteiger charge is 2.44. The lowest BCUT2D eigenvalue weighted by molar-refractivity contribution is -0.152. The van der Waals surface area contributed by atoms with Crippen molar-refractivity contribution < 1.29 is 14.7 Å². The summed E-state index contributed by atoms with van der Waals surface area (Å²) in [6.45, 7) is 6.22. The molecule has 1 amide bonds. The molecule has 19 heavy (non-hydrogen) atoms. The normalized spacial score (nSPS) is 39.3. The highest BCUT2D eigenvalue weighted by Crippen LogP contribution is 2.39. The number of carboxylic acids is 1. The van der Waals surface area contributed by atoms with Crippen LogP contribution in [0.2, 0.25) is 0 Å². The van der Waals surface area contributed by atoms with Crippen LogP contribution in [0.1, 0.15) is 52.9 Å². The van der Waals surface area contributed by atoms with Gasteiger partial charge in [0.25, 0.3) is 0 Å². The van der Waals surface area contributed by atoms with Crippen molar-refractivity contribution in [1.82, 2.24) is 4.90 Å². The first kappa shape index (κ1) is 14.4. The Labute approximate surface area is 115 Å². The molecule has 1 heterocycles. The molecule has 1 aliphatic heterocycles. The van der Waals surface area contributed by atoms with E-state index in [-0.39, 0.29) is 23.9 Å². The number of carbonyl (C=O) groups is 2. The van der Waals surface area contributed by atoms with E-state index in [9.17, 15) is 14.7 Å². The number of hydrogen-bond acceptors (Lipinski definition) is 2. The fourth-order valence-corrected chi connectivity index (χ4v) is 3.88. The summed E-state index contributed by atoms with van der Waals surface area (Å²) in [6, 6.07) is 0.503. The molecule has 1 saturated carbocycles. The van der Waals surface area contributed by atoms with Crippen LogP contribution in [0.5, 0.6) is 0 Å². The van der Waals surface area contributed by atoms with Crippen molar-refractivity contribution in [2.75, 3.05) is 0 Å². The first-order valence-corrected chi connectivity index (χ1v) is 7.46. The topological polar surface area (TPSA) is 57.6 Å². The van der Waals surface area contributed by atoms with E-state index in [1.807, 2.05) is 11.8 Å². The molecule has 2 fully saturated rings. The molecule has 0 aromatic heterocycles. The Bertz CT molecular complexity index is 358. The molecule has 0 aromatic rings. The molecule has 2 rings (SSSR count). The van der Waals surface area contributed by atoms with Gasteiger partial charge in [0.05, 0.1) is 11.8 Å². The Morgan fingerprint density at radius 3 is 2.05 bits per heavy atom. The Morgan fingerprint density at radius 1 is 1.00 bits per heavy atom. The van der Waals surface area contributed by atoms with Crippen molar-refractivity contribution in [3.63, 3.8) is 0 Å². The zero-order valence-corrected chi connectivity index (χ0v) is 12.1. The average molecular weight is 267 g/mol. The number of likely N-dealkylation sites (tertiary alicyclic amines) is 1. The molecule has 4 heteroatoms. The molecule has 108 valence electrons. The van der Waals surface area contributed by atoms with Crippen LogP contribution >= 0.6 is 0 Å². The minimum absolute atomic E-state index is 0.0800. The van der Waals surface area contributed by atoms with Crippen molar-refractivity contribution in [3.05, 3.63) is 0 Å². The van der Waals surface area contributed by atoms with Gasteiger partial charge in [-0.25, -0.2) is 0 Å². The van der Waals surface area contributed by atoms with Crippen LogP contribution in [0.3, 0.4) is 0 Å². The van der Waals surface area contributed by atoms with Crippen LogP contribution in [0, 0.1) is 17.8 Å². The van der Waals surface area contributed by atoms with Crippen molar-refractivity contribution >= 4 is 11.9 Å². The van der Waals surface area contributed by atoms with Gasteiger partial charge in [-0.3, -0.25) is 9.59 Å². The van der Waals surface area contributed by atoms with Gasteiger partial charge in [0.15, 0.2) is 0 Å². The highest BCUT2D eigenvalue weighted by atomic mass is 16.4. The monoisotopic (exact) mass is 267 g/mol. The molecule has 1 aliphatic carbocycles. The van der Waals surface area contributed by atoms with Crippen LogP contribution < -0.4 is 0 Å². The molecule has 1 N–H and O–H groups in total. The van der Waals surface area contributed by atoms with Crippen molar-refractivity contribution in [3.8, 4) is 0 Å². The lowest BCUT2D eigenvalue weighted by Crippen LogP contribution is -2.50. The Kier molecular flexibility index (Phi) is 4.16. The number of aliphatic carboxylic acids is 1. The highest BCUT2D eigenvalue weighted by molar-refractivity contribution is 5.85. The van der Waals surface area contributed by atoms with Gasteiger partial charge in [0.1, 0.15) is 0 Å². The summed E-state index contributed by atoms with van der Waals surface area (Å²) in [5.74, 6) is -1.18. The summed E-state index contributed by atoms with van der Waals surface area (Å²) in [4.78, 5) is 26.0. The molecule has 2 aliphatic rings. The zero-order valence-electron chi connectivity index (χ0n) is 12.1. The summed E-state index contributed by atoms with van der Waals surface area (Å²) in [6.07, 6.45) is 4.61. The molecule has 0 spiro atoms. The number of amides is 1. The first-order chi connectivity index (χ1) is 8.91. The number of rotatable bonds is 2. The molecular formula is C15H25NO3. The summed E-state index contributed by atoms with van der Waals surface area (Å²) < 4.78 is 0. The van der Waals surface area contributed by atoms with E-state index in [1.165, 1.54) is 0 Å². The summed E-state index contributed by atoms with van der Waals surface area (Å²) in [7, 11) is 0. The number of hydrogen-bond donors (Lipinski definition) is 1. The van der Waals surface area contributed by atoms with Crippen LogP contribution in [-0.2, 0) is 9.59 Å². The molecule has 5 atom stereocenters. The number of nitrogens with zero attached hydrogens (tertiary/aromatic N) is 1. The summed E-state index contributed by atoms with van der Waals surface area (Å²) >= 11 is 0. The smallest absolute Gasteiger partial charge is 0.307 e. The van der Waals surface area contributed by atoms with Gasteiger partial charge in [0, 0.05) is 12.1 Å². The van der Waals surface area contributed by atoms with E-state index in [1.54, 1.807) is 0 Å². The lowest BCUT2D eigenvalue weighted by atomic mass is 9.90. The predicted molar refractivity (Wildman–Crippen MR) is 72.6 cm³/mol. The fraction of sp³-hybridized carbons (Fsp3) is 0.867. The Balaban J connectivity index is 2.15. The average Bonchev–Trinajstić information content (AvgIpc) is 2.71. The molecular weight excluding hydrogens is 242 g/mol. The second-order valence-corrected chi connectivity index (χ2v) is 6.50. The molecule has 4 nitrogen and oxygen atoms in total. The van der Waals surface area contributed by atoms with Crippen LogP contribution in [-0.4, -0.2) is 34.0 Å². The number of piperidine rings is 1. The minimum Gasteiger partial charge on any atom is -0.481 e. The van der Waals surface area contributed by atoms with Crippen LogP contribution in [0.4, 0.5) is 0 Å². The summed E-state index contributed by atoms with van der Waals surface area (Å²) in [5.41, 5.74) is 0. The van der Waals surface area contributed by atoms with Crippen molar-refractivity contribution in [1.29, 1.82) is 0 Å². The summed E-state index contributed by atoms with van der Waals surface area (Å²) in [5, 5.41) is 9.31. The fourth-order valence-electron chi connectivity index (χ4n) is 3.88. The van der Waals surface area contributed by atoms with E-state index in [2.05, 4.69) is 13.8 Å². The Hall–Kier alpha value is -1.06. The van der Waals surface area contributed by atoms with Crippen LogP contribution in [0.25, 0.3) is 0 Å². The lowest BCUT2D eigenvalue weighted by Gasteiger charge is -2.41. The molecule has 0 aromatic carbocycles. The standard InChI is InChI=1S/C15H25NO3/c1-9-7-12(13(8-9)15(18)19)14(17)16-10(2)5-4-6-11(16)3/h9-13H,4-8H2,1-3H3,(H,18,19)/t9?,10-,11+,12?,13?. The molecule has 3 unspecified atom stereocenters. The maximum atomic E-state index is 12.7. The predicted octanol–water partition coefficient (Wildman–Crippen LogP) is 2.52. The number of carboxylic acid groups (broad SMARTS) is 1. The van der Waals surface area contributed by atoms with E-state index >= 15 is 0 Å². The maximum absolute atomic E-state index is 12.7. The molecule has 0 radical (unpaired) electrons. The quantitative estimate of drug-likeness (QED) is 0.836. The van der Waals surface area contributed by atoms with Gasteiger partial charge in [-0.15, -0.1) is 0 Å². The van der Waals surface area contributed by atoms with Gasteiger partial charge in [-0.05, 0) is 51.9 Å². The van der Waals surface area contributed by atoms with E-state index in [4.69, 9.17) is 0 Å². The van der Waals surface area contributed by atoms with Crippen molar-refractivity contribution in [2.24, 2.45) is 17.8 Å². The SMILES string of the molecule is CC1CC(C(=O)O)C(C(=O)N2[C@H](C)CCC[C@@H]2C)C1. The zero-order chi connectivity index (χ0) is 14.2. The van der Waals surface area contributed by atoms with Gasteiger partial charge < -0.3 is 10.0 Å². The van der Waals surface area contributed by atoms with Gasteiger partial charge in [-0.1, -0.05) is 6.92 Å². The maximum Gasteiger partial charge on any atom is 0.307 e.